The molecule has 0 aliphatic rings. The Kier molecular flexibility index (Phi) is 6.34. The summed E-state index contributed by atoms with van der Waals surface area (Å²) in [5.74, 6) is 0. The first-order valence-corrected chi connectivity index (χ1v) is 18.8. The van der Waals surface area contributed by atoms with Gasteiger partial charge in [0.1, 0.15) is 11.2 Å². The molecule has 3 nitrogen and oxygen atoms in total. The largest absolute Gasteiger partial charge is 0.455 e. The van der Waals surface area contributed by atoms with Crippen LogP contribution in [0.3, 0.4) is 0 Å². The van der Waals surface area contributed by atoms with E-state index in [1.54, 1.807) is 0 Å². The fraction of sp³-hybridized carbons (Fsp3) is 0. The molecule has 0 N–H and O–H groups in total. The highest BCUT2D eigenvalue weighted by Crippen LogP contribution is 2.40. The van der Waals surface area contributed by atoms with E-state index in [0.717, 1.165) is 38.8 Å². The SMILES string of the molecule is c1ccc2cc(-n3c4ccccc4c4cc(-c5ccc6c(c5)c5ccccc5n6-c5ccc(-c6cccc7c6oc6ccccc67)cc5)ccc43)ccc2c1. The average molecular weight is 701 g/mol. The number of nitrogens with zero attached hydrogens (tertiary/aromatic N) is 2. The summed E-state index contributed by atoms with van der Waals surface area (Å²) >= 11 is 0. The molecule has 256 valence electrons. The summed E-state index contributed by atoms with van der Waals surface area (Å²) in [5.41, 5.74) is 13.6. The molecule has 3 heteroatoms. The molecule has 9 aromatic carbocycles. The minimum absolute atomic E-state index is 0.916. The minimum atomic E-state index is 0.916. The molecule has 0 bridgehead atoms. The topological polar surface area (TPSA) is 23.0 Å². The Morgan fingerprint density at radius 3 is 1.55 bits per heavy atom. The number of rotatable bonds is 4. The van der Waals surface area contributed by atoms with Crippen molar-refractivity contribution < 1.29 is 4.42 Å². The summed E-state index contributed by atoms with van der Waals surface area (Å²) in [6, 6.07) is 70.3. The van der Waals surface area contributed by atoms with Crippen LogP contribution in [0.1, 0.15) is 0 Å². The molecule has 0 aliphatic heterocycles. The van der Waals surface area contributed by atoms with Crippen molar-refractivity contribution in [1.29, 1.82) is 0 Å². The van der Waals surface area contributed by atoms with E-state index in [1.165, 1.54) is 71.2 Å². The number of hydrogen-bond donors (Lipinski definition) is 0. The van der Waals surface area contributed by atoms with E-state index < -0.39 is 0 Å². The quantitative estimate of drug-likeness (QED) is 0.179. The van der Waals surface area contributed by atoms with Gasteiger partial charge in [0.25, 0.3) is 0 Å². The minimum Gasteiger partial charge on any atom is -0.455 e. The second-order valence-corrected chi connectivity index (χ2v) is 14.5. The van der Waals surface area contributed by atoms with Gasteiger partial charge in [0.2, 0.25) is 0 Å². The first kappa shape index (κ1) is 30.1. The Morgan fingerprint density at radius 2 is 0.836 bits per heavy atom. The summed E-state index contributed by atoms with van der Waals surface area (Å²) in [7, 11) is 0. The van der Waals surface area contributed by atoms with Crippen molar-refractivity contribution in [3.05, 3.63) is 194 Å². The van der Waals surface area contributed by atoms with Gasteiger partial charge in [0.15, 0.2) is 0 Å². The molecule has 0 saturated heterocycles. The number of benzene rings is 9. The maximum Gasteiger partial charge on any atom is 0.143 e. The van der Waals surface area contributed by atoms with Gasteiger partial charge in [-0.3, -0.25) is 0 Å². The molecule has 0 aliphatic carbocycles. The van der Waals surface area contributed by atoms with E-state index in [4.69, 9.17) is 4.42 Å². The molecule has 0 fully saturated rings. The second kappa shape index (κ2) is 11.6. The third-order valence-corrected chi connectivity index (χ3v) is 11.5. The molecule has 55 heavy (non-hydrogen) atoms. The Bertz CT molecular complexity index is 3490. The van der Waals surface area contributed by atoms with Crippen molar-refractivity contribution in [2.24, 2.45) is 0 Å². The van der Waals surface area contributed by atoms with E-state index >= 15 is 0 Å². The predicted molar refractivity (Wildman–Crippen MR) is 231 cm³/mol. The zero-order valence-corrected chi connectivity index (χ0v) is 29.8. The van der Waals surface area contributed by atoms with Crippen LogP contribution in [0.4, 0.5) is 0 Å². The number of aromatic nitrogens is 2. The Morgan fingerprint density at radius 1 is 0.309 bits per heavy atom. The van der Waals surface area contributed by atoms with E-state index in [9.17, 15) is 0 Å². The Balaban J connectivity index is 0.973. The Hall–Kier alpha value is -7.36. The van der Waals surface area contributed by atoms with E-state index in [2.05, 4.69) is 191 Å². The number of fused-ring (bicyclic) bond motifs is 10. The van der Waals surface area contributed by atoms with Gasteiger partial charge in [-0.2, -0.15) is 0 Å². The molecular weight excluding hydrogens is 669 g/mol. The molecule has 12 aromatic rings. The van der Waals surface area contributed by atoms with Crippen LogP contribution in [-0.4, -0.2) is 9.13 Å². The normalized spacial score (nSPS) is 12.0. The van der Waals surface area contributed by atoms with Crippen molar-refractivity contribution in [3.63, 3.8) is 0 Å². The van der Waals surface area contributed by atoms with E-state index in [1.807, 2.05) is 12.1 Å². The van der Waals surface area contributed by atoms with Gasteiger partial charge >= 0.3 is 0 Å². The third kappa shape index (κ3) is 4.50. The lowest BCUT2D eigenvalue weighted by molar-refractivity contribution is 0.670. The van der Waals surface area contributed by atoms with Crippen molar-refractivity contribution in [3.8, 4) is 33.6 Å². The lowest BCUT2D eigenvalue weighted by atomic mass is 10.0. The predicted octanol–water partition coefficient (Wildman–Crippen LogP) is 14.3. The monoisotopic (exact) mass is 700 g/mol. The zero-order chi connectivity index (χ0) is 36.0. The first-order chi connectivity index (χ1) is 27.3. The van der Waals surface area contributed by atoms with Crippen LogP contribution in [0.2, 0.25) is 0 Å². The first-order valence-electron chi connectivity index (χ1n) is 18.8. The standard InChI is InChI=1S/C52H32N2O/c1-2-11-35-30-39(27-20-33(35)10-1)54-48-18-7-4-13-42(48)46-32-37(24-29-50(46)54)36-23-28-49-45(31-36)41-12-3-6-17-47(41)53(49)38-25-21-34(22-26-38)40-15-9-16-44-43-14-5-8-19-51(43)55-52(40)44/h1-32H. The van der Waals surface area contributed by atoms with Gasteiger partial charge in [-0.1, -0.05) is 127 Å². The lowest BCUT2D eigenvalue weighted by Gasteiger charge is -2.11. The number of furan rings is 1. The zero-order valence-electron chi connectivity index (χ0n) is 29.8. The van der Waals surface area contributed by atoms with Gasteiger partial charge < -0.3 is 13.6 Å². The van der Waals surface area contributed by atoms with Crippen LogP contribution >= 0.6 is 0 Å². The lowest BCUT2D eigenvalue weighted by Crippen LogP contribution is -1.94. The second-order valence-electron chi connectivity index (χ2n) is 14.5. The maximum atomic E-state index is 6.38. The van der Waals surface area contributed by atoms with Crippen LogP contribution in [0.15, 0.2) is 199 Å². The van der Waals surface area contributed by atoms with Crippen molar-refractivity contribution in [2.45, 2.75) is 0 Å². The summed E-state index contributed by atoms with van der Waals surface area (Å²) in [6.45, 7) is 0. The van der Waals surface area contributed by atoms with Crippen LogP contribution in [0.25, 0.3) is 110 Å². The highest BCUT2D eigenvalue weighted by atomic mass is 16.3. The van der Waals surface area contributed by atoms with Crippen LogP contribution in [-0.2, 0) is 0 Å². The van der Waals surface area contributed by atoms with Gasteiger partial charge in [0.05, 0.1) is 22.1 Å². The molecule has 0 spiro atoms. The Labute approximate surface area is 316 Å². The summed E-state index contributed by atoms with van der Waals surface area (Å²) in [5, 5.41) is 9.77. The average Bonchev–Trinajstić information content (AvgIpc) is 3.91. The van der Waals surface area contributed by atoms with Crippen LogP contribution in [0.5, 0.6) is 0 Å². The molecule has 0 radical (unpaired) electrons. The molecule has 0 amide bonds. The van der Waals surface area contributed by atoms with Crippen LogP contribution in [0, 0.1) is 0 Å². The van der Waals surface area contributed by atoms with Gasteiger partial charge in [-0.25, -0.2) is 0 Å². The van der Waals surface area contributed by atoms with Gasteiger partial charge in [0, 0.05) is 49.3 Å². The highest BCUT2D eigenvalue weighted by Gasteiger charge is 2.17. The number of hydrogen-bond acceptors (Lipinski definition) is 1. The number of para-hydroxylation sites is 4. The molecular formula is C52H32N2O. The maximum absolute atomic E-state index is 6.38. The summed E-state index contributed by atoms with van der Waals surface area (Å²) in [4.78, 5) is 0. The molecule has 0 unspecified atom stereocenters. The van der Waals surface area contributed by atoms with E-state index in [0.29, 0.717) is 0 Å². The van der Waals surface area contributed by atoms with Crippen LogP contribution < -0.4 is 0 Å². The smallest absolute Gasteiger partial charge is 0.143 e. The fourth-order valence-electron chi connectivity index (χ4n) is 8.94. The van der Waals surface area contributed by atoms with Crippen molar-refractivity contribution in [1.82, 2.24) is 9.13 Å². The van der Waals surface area contributed by atoms with E-state index in [-0.39, 0.29) is 0 Å². The molecule has 0 saturated carbocycles. The summed E-state index contributed by atoms with van der Waals surface area (Å²) in [6.07, 6.45) is 0. The molecule has 12 rings (SSSR count). The fourth-order valence-corrected chi connectivity index (χ4v) is 8.94. The van der Waals surface area contributed by atoms with Crippen molar-refractivity contribution in [2.75, 3.05) is 0 Å². The van der Waals surface area contributed by atoms with Gasteiger partial charge in [-0.05, 0) is 94.2 Å². The van der Waals surface area contributed by atoms with Gasteiger partial charge in [-0.15, -0.1) is 0 Å². The molecule has 3 heterocycles. The summed E-state index contributed by atoms with van der Waals surface area (Å²) < 4.78 is 11.2. The molecule has 3 aromatic heterocycles. The van der Waals surface area contributed by atoms with Crippen molar-refractivity contribution >= 4 is 76.3 Å². The molecule has 0 atom stereocenters. The highest BCUT2D eigenvalue weighted by molar-refractivity contribution is 6.13. The third-order valence-electron chi connectivity index (χ3n) is 11.5.